The van der Waals surface area contributed by atoms with E-state index < -0.39 is 9.84 Å². The number of nitrogen functional groups attached to an aromatic ring is 1. The molecule has 3 N–H and O–H groups in total. The highest BCUT2D eigenvalue weighted by atomic mass is 32.2. The molecule has 0 aliphatic carbocycles. The number of nitrogens with two attached hydrogens (primary N) is 1. The Morgan fingerprint density at radius 3 is 2.82 bits per heavy atom. The van der Waals surface area contributed by atoms with Crippen molar-refractivity contribution < 1.29 is 8.42 Å². The van der Waals surface area contributed by atoms with Crippen LogP contribution in [-0.4, -0.2) is 26.5 Å². The third kappa shape index (κ3) is 3.12. The van der Waals surface area contributed by atoms with E-state index in [1.807, 2.05) is 25.1 Å². The Hall–Kier alpha value is -1.23. The number of nitrogens with one attached hydrogen (secondary N) is 1. The van der Waals surface area contributed by atoms with Crippen molar-refractivity contribution in [2.45, 2.75) is 13.3 Å². The second-order valence-corrected chi connectivity index (χ2v) is 6.95. The Labute approximate surface area is 102 Å². The van der Waals surface area contributed by atoms with Crippen LogP contribution in [0.4, 0.5) is 11.4 Å². The molecule has 1 aromatic rings. The molecular weight excluding hydrogens is 236 g/mol. The summed E-state index contributed by atoms with van der Waals surface area (Å²) in [4.78, 5) is 0. The van der Waals surface area contributed by atoms with Gasteiger partial charge < -0.3 is 11.1 Å². The average Bonchev–Trinajstić information content (AvgIpc) is 2.60. The zero-order valence-corrected chi connectivity index (χ0v) is 10.8. The maximum Gasteiger partial charge on any atom is 0.150 e. The molecule has 0 aromatic heterocycles. The van der Waals surface area contributed by atoms with Crippen LogP contribution in [0.15, 0.2) is 18.2 Å². The summed E-state index contributed by atoms with van der Waals surface area (Å²) in [6.07, 6.45) is 0.767. The smallest absolute Gasteiger partial charge is 0.150 e. The molecule has 0 bridgehead atoms. The Morgan fingerprint density at radius 2 is 2.24 bits per heavy atom. The second-order valence-electron chi connectivity index (χ2n) is 4.72. The summed E-state index contributed by atoms with van der Waals surface area (Å²) in [6, 6.07) is 5.77. The quantitative estimate of drug-likeness (QED) is 0.800. The molecule has 94 valence electrons. The van der Waals surface area contributed by atoms with Gasteiger partial charge in [0.05, 0.1) is 11.5 Å². The molecule has 0 radical (unpaired) electrons. The van der Waals surface area contributed by atoms with Gasteiger partial charge in [-0.05, 0) is 43.0 Å². The topological polar surface area (TPSA) is 72.2 Å². The van der Waals surface area contributed by atoms with Crippen molar-refractivity contribution in [1.29, 1.82) is 0 Å². The fourth-order valence-corrected chi connectivity index (χ4v) is 3.94. The zero-order valence-electron chi connectivity index (χ0n) is 9.94. The van der Waals surface area contributed by atoms with Crippen molar-refractivity contribution in [3.05, 3.63) is 23.8 Å². The first-order valence-electron chi connectivity index (χ1n) is 5.77. The molecule has 2 rings (SSSR count). The van der Waals surface area contributed by atoms with E-state index in [2.05, 4.69) is 5.32 Å². The first-order valence-corrected chi connectivity index (χ1v) is 7.59. The monoisotopic (exact) mass is 254 g/mol. The van der Waals surface area contributed by atoms with E-state index in [4.69, 9.17) is 5.73 Å². The fourth-order valence-electron chi connectivity index (χ4n) is 2.08. The van der Waals surface area contributed by atoms with Crippen LogP contribution in [-0.2, 0) is 9.84 Å². The van der Waals surface area contributed by atoms with Crippen LogP contribution in [0, 0.1) is 12.8 Å². The predicted octanol–water partition coefficient (Wildman–Crippen LogP) is 1.42. The highest BCUT2D eigenvalue weighted by Gasteiger charge is 2.27. The van der Waals surface area contributed by atoms with E-state index in [0.29, 0.717) is 18.1 Å². The standard InChI is InChI=1S/C12H18N2O2S/c1-9-6-11(2-3-12(9)13)14-7-10-4-5-17(15,16)8-10/h2-3,6,10,14H,4-5,7-8,13H2,1H3. The molecule has 1 aliphatic rings. The molecule has 0 amide bonds. The molecule has 17 heavy (non-hydrogen) atoms. The van der Waals surface area contributed by atoms with E-state index in [-0.39, 0.29) is 5.92 Å². The summed E-state index contributed by atoms with van der Waals surface area (Å²) in [5.41, 5.74) is 8.55. The lowest BCUT2D eigenvalue weighted by atomic mass is 10.1. The van der Waals surface area contributed by atoms with Crippen molar-refractivity contribution >= 4 is 21.2 Å². The van der Waals surface area contributed by atoms with Gasteiger partial charge in [0.2, 0.25) is 0 Å². The molecule has 1 aliphatic heterocycles. The van der Waals surface area contributed by atoms with Gasteiger partial charge in [-0.1, -0.05) is 0 Å². The summed E-state index contributed by atoms with van der Waals surface area (Å²) < 4.78 is 22.6. The zero-order chi connectivity index (χ0) is 12.5. The van der Waals surface area contributed by atoms with Crippen LogP contribution in [0.1, 0.15) is 12.0 Å². The SMILES string of the molecule is Cc1cc(NCC2CCS(=O)(=O)C2)ccc1N. The molecule has 1 aromatic carbocycles. The Morgan fingerprint density at radius 1 is 1.47 bits per heavy atom. The lowest BCUT2D eigenvalue weighted by Gasteiger charge is -2.12. The summed E-state index contributed by atoms with van der Waals surface area (Å²) in [5, 5.41) is 3.27. The number of aryl methyl sites for hydroxylation is 1. The highest BCUT2D eigenvalue weighted by Crippen LogP contribution is 2.21. The molecule has 1 unspecified atom stereocenters. The van der Waals surface area contributed by atoms with Crippen molar-refractivity contribution in [3.63, 3.8) is 0 Å². The molecule has 5 heteroatoms. The van der Waals surface area contributed by atoms with Crippen LogP contribution in [0.25, 0.3) is 0 Å². The average molecular weight is 254 g/mol. The van der Waals surface area contributed by atoms with E-state index >= 15 is 0 Å². The van der Waals surface area contributed by atoms with E-state index in [9.17, 15) is 8.42 Å². The van der Waals surface area contributed by atoms with Crippen LogP contribution in [0.3, 0.4) is 0 Å². The Kier molecular flexibility index (Phi) is 3.28. The van der Waals surface area contributed by atoms with Gasteiger partial charge in [0.25, 0.3) is 0 Å². The molecule has 4 nitrogen and oxygen atoms in total. The van der Waals surface area contributed by atoms with Gasteiger partial charge in [0.1, 0.15) is 0 Å². The molecule has 1 saturated heterocycles. The summed E-state index contributed by atoms with van der Waals surface area (Å²) in [5.74, 6) is 0.881. The minimum absolute atomic E-state index is 0.234. The fraction of sp³-hybridized carbons (Fsp3) is 0.500. The minimum Gasteiger partial charge on any atom is -0.399 e. The number of sulfone groups is 1. The highest BCUT2D eigenvalue weighted by molar-refractivity contribution is 7.91. The summed E-state index contributed by atoms with van der Waals surface area (Å²) >= 11 is 0. The first-order chi connectivity index (χ1) is 7.96. The molecule has 1 fully saturated rings. The van der Waals surface area contributed by atoms with Gasteiger partial charge >= 0.3 is 0 Å². The predicted molar refractivity (Wildman–Crippen MR) is 70.8 cm³/mol. The second kappa shape index (κ2) is 4.56. The lowest BCUT2D eigenvalue weighted by molar-refractivity contribution is 0.596. The van der Waals surface area contributed by atoms with Crippen LogP contribution < -0.4 is 11.1 Å². The van der Waals surface area contributed by atoms with E-state index in [1.165, 1.54) is 0 Å². The molecule has 1 heterocycles. The summed E-state index contributed by atoms with van der Waals surface area (Å²) in [6.45, 7) is 2.67. The van der Waals surface area contributed by atoms with Crippen LogP contribution >= 0.6 is 0 Å². The Bertz CT molecular complexity index is 511. The van der Waals surface area contributed by atoms with E-state index in [1.54, 1.807) is 0 Å². The van der Waals surface area contributed by atoms with Gasteiger partial charge in [0.15, 0.2) is 9.84 Å². The van der Waals surface area contributed by atoms with Crippen LogP contribution in [0.5, 0.6) is 0 Å². The number of benzene rings is 1. The molecular formula is C12H18N2O2S. The van der Waals surface area contributed by atoms with Gasteiger partial charge in [-0.2, -0.15) is 0 Å². The number of hydrogen-bond acceptors (Lipinski definition) is 4. The molecule has 0 saturated carbocycles. The number of anilines is 2. The van der Waals surface area contributed by atoms with Crippen molar-refractivity contribution in [2.75, 3.05) is 29.1 Å². The first kappa shape index (κ1) is 12.2. The number of rotatable bonds is 3. The summed E-state index contributed by atoms with van der Waals surface area (Å²) in [7, 11) is -2.77. The van der Waals surface area contributed by atoms with Gasteiger partial charge in [-0.3, -0.25) is 0 Å². The molecule has 1 atom stereocenters. The van der Waals surface area contributed by atoms with Crippen molar-refractivity contribution in [3.8, 4) is 0 Å². The van der Waals surface area contributed by atoms with Crippen LogP contribution in [0.2, 0.25) is 0 Å². The van der Waals surface area contributed by atoms with Gasteiger partial charge in [0, 0.05) is 17.9 Å². The Balaban J connectivity index is 1.92. The van der Waals surface area contributed by atoms with Gasteiger partial charge in [-0.15, -0.1) is 0 Å². The maximum absolute atomic E-state index is 11.3. The van der Waals surface area contributed by atoms with Gasteiger partial charge in [-0.25, -0.2) is 8.42 Å². The normalized spacial score (nSPS) is 22.5. The van der Waals surface area contributed by atoms with Crippen molar-refractivity contribution in [1.82, 2.24) is 0 Å². The number of hydrogen-bond donors (Lipinski definition) is 2. The maximum atomic E-state index is 11.3. The van der Waals surface area contributed by atoms with Crippen molar-refractivity contribution in [2.24, 2.45) is 5.92 Å². The lowest BCUT2D eigenvalue weighted by Crippen LogP contribution is -2.15. The van der Waals surface area contributed by atoms with E-state index in [0.717, 1.165) is 23.4 Å². The third-order valence-electron chi connectivity index (χ3n) is 3.19. The minimum atomic E-state index is -2.77. The molecule has 0 spiro atoms. The largest absolute Gasteiger partial charge is 0.399 e. The third-order valence-corrected chi connectivity index (χ3v) is 5.03.